The minimum atomic E-state index is -2.24. The van der Waals surface area contributed by atoms with Crippen LogP contribution in [0.15, 0.2) is 16.7 Å². The fraction of sp³-hybridized carbons (Fsp3) is 0.200. The molecule has 13 heteroatoms. The van der Waals surface area contributed by atoms with Gasteiger partial charge in [0.2, 0.25) is 11.7 Å². The van der Waals surface area contributed by atoms with Crippen molar-refractivity contribution >= 4 is 39.8 Å². The highest BCUT2D eigenvalue weighted by Gasteiger charge is 2.66. The van der Waals surface area contributed by atoms with Crippen LogP contribution >= 0.6 is 0 Å². The topological polar surface area (TPSA) is 275 Å². The number of anilines is 3. The van der Waals surface area contributed by atoms with Crippen molar-refractivity contribution in [2.45, 2.75) is 17.7 Å². The van der Waals surface area contributed by atoms with Crippen molar-refractivity contribution in [2.24, 2.45) is 34.4 Å². The second-order valence-electron chi connectivity index (χ2n) is 6.60. The zero-order chi connectivity index (χ0) is 20.8. The Hall–Kier alpha value is -3.20. The molecule has 2 aliphatic heterocycles. The molecule has 1 aromatic carbocycles. The summed E-state index contributed by atoms with van der Waals surface area (Å²) < 4.78 is 22.5. The Bertz CT molecular complexity index is 1070. The molecule has 1 fully saturated rings. The molecule has 0 amide bonds. The van der Waals surface area contributed by atoms with E-state index >= 15 is 0 Å². The van der Waals surface area contributed by atoms with E-state index in [-0.39, 0.29) is 56.5 Å². The Morgan fingerprint density at radius 2 is 1.39 bits per heavy atom. The van der Waals surface area contributed by atoms with E-state index in [1.54, 1.807) is 0 Å². The van der Waals surface area contributed by atoms with Crippen LogP contribution < -0.4 is 56.3 Å². The van der Waals surface area contributed by atoms with Gasteiger partial charge in [0.1, 0.15) is 5.70 Å². The molecule has 2 aliphatic rings. The van der Waals surface area contributed by atoms with Gasteiger partial charge in [-0.05, 0) is 6.08 Å². The highest BCUT2D eigenvalue weighted by atomic mass is 16.9. The first-order valence-electron chi connectivity index (χ1n) is 7.93. The molecule has 150 valence electrons. The maximum absolute atomic E-state index is 6.18. The summed E-state index contributed by atoms with van der Waals surface area (Å²) in [7, 11) is 0. The molecule has 4 rings (SSSR count). The number of nitrogens with two attached hydrogens (primary N) is 9. The largest absolute Gasteiger partial charge is 0.450 e. The minimum absolute atomic E-state index is 0.0262. The summed E-state index contributed by atoms with van der Waals surface area (Å²) in [5.41, 5.74) is 54.0. The van der Waals surface area contributed by atoms with Crippen LogP contribution in [0.2, 0.25) is 0 Å². The van der Waals surface area contributed by atoms with Crippen LogP contribution in [-0.4, -0.2) is 17.7 Å². The molecule has 28 heavy (non-hydrogen) atoms. The molecule has 0 atom stereocenters. The lowest BCUT2D eigenvalue weighted by Gasteiger charge is -2.34. The van der Waals surface area contributed by atoms with Crippen molar-refractivity contribution in [2.75, 3.05) is 17.2 Å². The van der Waals surface area contributed by atoms with Gasteiger partial charge in [-0.15, -0.1) is 0 Å². The molecule has 0 unspecified atom stereocenters. The summed E-state index contributed by atoms with van der Waals surface area (Å²) >= 11 is 0. The van der Waals surface area contributed by atoms with Crippen LogP contribution in [0.5, 0.6) is 5.75 Å². The first kappa shape index (κ1) is 18.2. The lowest BCUT2D eigenvalue weighted by Crippen LogP contribution is -2.74. The van der Waals surface area contributed by atoms with Crippen molar-refractivity contribution < 1.29 is 18.6 Å². The lowest BCUT2D eigenvalue weighted by molar-refractivity contribution is -0.287. The Morgan fingerprint density at radius 3 is 1.93 bits per heavy atom. The van der Waals surface area contributed by atoms with E-state index in [1.807, 2.05) is 0 Å². The molecular formula is C15H21N9O4. The fourth-order valence-electron chi connectivity index (χ4n) is 3.18. The summed E-state index contributed by atoms with van der Waals surface area (Å²) in [6, 6.07) is 0. The Kier molecular flexibility index (Phi) is 3.24. The van der Waals surface area contributed by atoms with Crippen molar-refractivity contribution in [3.05, 3.63) is 23.6 Å². The normalized spacial score (nSPS) is 21.7. The maximum Gasteiger partial charge on any atom is 0.379 e. The number of ether oxygens (including phenoxy) is 3. The summed E-state index contributed by atoms with van der Waals surface area (Å²) in [5, 5.41) is 0.283. The zero-order valence-corrected chi connectivity index (χ0v) is 14.6. The number of furan rings is 1. The standard InChI is InChI=1S/C15H21N9O4/c1-2-3-6(16)4-7(17)8(18)5-9(19)12(20)13(26-11(5)10(4)25-3)27-14(21,22)15(23,24)28-13/h2H,1,16-24H2. The summed E-state index contributed by atoms with van der Waals surface area (Å²) in [6.07, 6.45) is 1.39. The third-order valence-electron chi connectivity index (χ3n) is 4.76. The molecular weight excluding hydrogens is 370 g/mol. The Morgan fingerprint density at radius 1 is 0.821 bits per heavy atom. The van der Waals surface area contributed by atoms with Gasteiger partial charge in [0.25, 0.3) is 0 Å². The Labute approximate surface area is 157 Å². The van der Waals surface area contributed by atoms with E-state index in [0.29, 0.717) is 0 Å². The summed E-state index contributed by atoms with van der Waals surface area (Å²) in [4.78, 5) is 0. The van der Waals surface area contributed by atoms with Crippen molar-refractivity contribution in [1.82, 2.24) is 0 Å². The predicted molar refractivity (Wildman–Crippen MR) is 103 cm³/mol. The lowest BCUT2D eigenvalue weighted by atomic mass is 9.99. The highest BCUT2D eigenvalue weighted by molar-refractivity contribution is 6.12. The highest BCUT2D eigenvalue weighted by Crippen LogP contribution is 2.53. The first-order chi connectivity index (χ1) is 12.9. The molecule has 18 N–H and O–H groups in total. The van der Waals surface area contributed by atoms with Gasteiger partial charge in [-0.3, -0.25) is 32.4 Å². The van der Waals surface area contributed by atoms with E-state index in [9.17, 15) is 0 Å². The van der Waals surface area contributed by atoms with E-state index in [1.165, 1.54) is 6.08 Å². The van der Waals surface area contributed by atoms with Gasteiger partial charge >= 0.3 is 5.97 Å². The molecule has 2 aromatic rings. The molecule has 0 bridgehead atoms. The van der Waals surface area contributed by atoms with Gasteiger partial charge in [-0.2, -0.15) is 0 Å². The van der Waals surface area contributed by atoms with E-state index in [2.05, 4.69) is 6.58 Å². The molecule has 3 heterocycles. The number of nitrogen functional groups attached to an aromatic ring is 3. The number of benzene rings is 1. The number of rotatable bonds is 1. The van der Waals surface area contributed by atoms with Crippen LogP contribution in [0, 0.1) is 0 Å². The molecule has 0 radical (unpaired) electrons. The van der Waals surface area contributed by atoms with Crippen LogP contribution in [0.1, 0.15) is 11.3 Å². The third kappa shape index (κ3) is 1.94. The van der Waals surface area contributed by atoms with Crippen LogP contribution in [-0.2, 0) is 9.47 Å². The van der Waals surface area contributed by atoms with Gasteiger partial charge in [-0.1, -0.05) is 6.58 Å². The Balaban J connectivity index is 2.06. The molecule has 13 nitrogen and oxygen atoms in total. The molecule has 1 spiro atoms. The van der Waals surface area contributed by atoms with Crippen molar-refractivity contribution in [1.29, 1.82) is 0 Å². The molecule has 0 aliphatic carbocycles. The molecule has 1 saturated heterocycles. The zero-order valence-electron chi connectivity index (χ0n) is 14.6. The van der Waals surface area contributed by atoms with Crippen LogP contribution in [0.4, 0.5) is 17.1 Å². The van der Waals surface area contributed by atoms with Gasteiger partial charge in [0.15, 0.2) is 17.1 Å². The second-order valence-corrected chi connectivity index (χ2v) is 6.60. The molecule has 0 saturated carbocycles. The van der Waals surface area contributed by atoms with Gasteiger partial charge in [0, 0.05) is 0 Å². The van der Waals surface area contributed by atoms with Crippen LogP contribution in [0.3, 0.4) is 0 Å². The van der Waals surface area contributed by atoms with Crippen LogP contribution in [0.25, 0.3) is 22.7 Å². The fourth-order valence-corrected chi connectivity index (χ4v) is 3.18. The van der Waals surface area contributed by atoms with E-state index in [4.69, 9.17) is 70.2 Å². The van der Waals surface area contributed by atoms with E-state index < -0.39 is 17.7 Å². The number of hydrogen-bond acceptors (Lipinski definition) is 13. The number of fused-ring (bicyclic) bond motifs is 3. The predicted octanol–water partition coefficient (Wildman–Crippen LogP) is -2.36. The SMILES string of the molecule is C=Cc1oc2c3c(c(N)c(N)c2c1N)C(N)=C(N)C1(O3)OC(N)(N)C(N)(N)O1. The average Bonchev–Trinajstić information content (AvgIpc) is 3.02. The summed E-state index contributed by atoms with van der Waals surface area (Å²) in [6.45, 7) is 3.63. The maximum atomic E-state index is 6.18. The van der Waals surface area contributed by atoms with Gasteiger partial charge in [-0.25, -0.2) is 0 Å². The minimum Gasteiger partial charge on any atom is -0.450 e. The molecule has 1 aromatic heterocycles. The monoisotopic (exact) mass is 391 g/mol. The first-order valence-corrected chi connectivity index (χ1v) is 7.93. The second kappa shape index (κ2) is 4.99. The smallest absolute Gasteiger partial charge is 0.379 e. The quantitative estimate of drug-likeness (QED) is 0.140. The van der Waals surface area contributed by atoms with Crippen molar-refractivity contribution in [3.8, 4) is 5.75 Å². The third-order valence-corrected chi connectivity index (χ3v) is 4.76. The van der Waals surface area contributed by atoms with Gasteiger partial charge < -0.3 is 37.8 Å². The summed E-state index contributed by atoms with van der Waals surface area (Å²) in [5.74, 6) is -6.39. The van der Waals surface area contributed by atoms with Crippen molar-refractivity contribution in [3.63, 3.8) is 0 Å². The van der Waals surface area contributed by atoms with E-state index in [0.717, 1.165) is 0 Å². The van der Waals surface area contributed by atoms with Gasteiger partial charge in [0.05, 0.1) is 33.7 Å². The average molecular weight is 391 g/mol. The number of hydrogen-bond donors (Lipinski definition) is 9.